The van der Waals surface area contributed by atoms with Crippen molar-refractivity contribution in [1.82, 2.24) is 0 Å². The molecule has 5 heteroatoms. The van der Waals surface area contributed by atoms with Crippen molar-refractivity contribution in [2.45, 2.75) is 18.9 Å². The quantitative estimate of drug-likeness (QED) is 0.785. The van der Waals surface area contributed by atoms with Gasteiger partial charge in [0.15, 0.2) is 0 Å². The molecule has 20 heavy (non-hydrogen) atoms. The molecule has 0 aliphatic rings. The topological polar surface area (TPSA) is 26.0 Å². The summed E-state index contributed by atoms with van der Waals surface area (Å²) in [6.07, 6.45) is 1.23. The normalized spacial score (nSPS) is 12.4. The zero-order chi connectivity index (χ0) is 14.7. The Kier molecular flexibility index (Phi) is 5.59. The standard InChI is InChI=1S/C15H13Cl4N/c16-10-5-4-9(15(19)7-10)6-11(20)8-12-13(17)2-1-3-14(12)18/h1-5,7,11H,6,8,20H2. The monoisotopic (exact) mass is 347 g/mol. The molecule has 1 atom stereocenters. The molecule has 2 N–H and O–H groups in total. The van der Waals surface area contributed by atoms with E-state index in [-0.39, 0.29) is 6.04 Å². The maximum atomic E-state index is 6.17. The molecule has 2 rings (SSSR count). The van der Waals surface area contributed by atoms with Crippen molar-refractivity contribution in [3.63, 3.8) is 0 Å². The lowest BCUT2D eigenvalue weighted by atomic mass is 9.99. The maximum absolute atomic E-state index is 6.17. The van der Waals surface area contributed by atoms with Crippen LogP contribution in [0.1, 0.15) is 11.1 Å². The van der Waals surface area contributed by atoms with Crippen LogP contribution in [0.5, 0.6) is 0 Å². The van der Waals surface area contributed by atoms with Gasteiger partial charge in [-0.3, -0.25) is 0 Å². The molecular weight excluding hydrogens is 336 g/mol. The first kappa shape index (κ1) is 15.9. The summed E-state index contributed by atoms with van der Waals surface area (Å²) in [5.41, 5.74) is 8.01. The fourth-order valence-electron chi connectivity index (χ4n) is 2.03. The lowest BCUT2D eigenvalue weighted by Gasteiger charge is -2.15. The summed E-state index contributed by atoms with van der Waals surface area (Å²) >= 11 is 24.3. The van der Waals surface area contributed by atoms with Crippen molar-refractivity contribution >= 4 is 46.4 Å². The Balaban J connectivity index is 2.11. The first-order valence-corrected chi connectivity index (χ1v) is 7.61. The minimum absolute atomic E-state index is 0.119. The van der Waals surface area contributed by atoms with Gasteiger partial charge in [-0.25, -0.2) is 0 Å². The van der Waals surface area contributed by atoms with Gasteiger partial charge in [-0.05, 0) is 48.2 Å². The third-order valence-corrected chi connectivity index (χ3v) is 4.32. The first-order chi connectivity index (χ1) is 9.47. The minimum Gasteiger partial charge on any atom is -0.327 e. The van der Waals surface area contributed by atoms with E-state index in [0.717, 1.165) is 11.1 Å². The molecule has 1 unspecified atom stereocenters. The zero-order valence-electron chi connectivity index (χ0n) is 10.5. The second-order valence-corrected chi connectivity index (χ2v) is 6.26. The summed E-state index contributed by atoms with van der Waals surface area (Å²) in [4.78, 5) is 0. The molecule has 106 valence electrons. The molecule has 0 saturated heterocycles. The molecular formula is C15H13Cl4N. The van der Waals surface area contributed by atoms with Crippen LogP contribution in [0.2, 0.25) is 20.1 Å². The second-order valence-electron chi connectivity index (χ2n) is 4.60. The van der Waals surface area contributed by atoms with Gasteiger partial charge in [0.05, 0.1) is 0 Å². The van der Waals surface area contributed by atoms with Crippen LogP contribution in [0.25, 0.3) is 0 Å². The number of hydrogen-bond donors (Lipinski definition) is 1. The largest absolute Gasteiger partial charge is 0.327 e. The highest BCUT2D eigenvalue weighted by molar-refractivity contribution is 6.36. The molecule has 0 saturated carbocycles. The van der Waals surface area contributed by atoms with E-state index in [1.54, 1.807) is 12.1 Å². The van der Waals surface area contributed by atoms with Gasteiger partial charge >= 0.3 is 0 Å². The summed E-state index contributed by atoms with van der Waals surface area (Å²) < 4.78 is 0. The molecule has 0 heterocycles. The van der Waals surface area contributed by atoms with Gasteiger partial charge in [0.25, 0.3) is 0 Å². The Bertz CT molecular complexity index is 593. The van der Waals surface area contributed by atoms with E-state index in [4.69, 9.17) is 52.1 Å². The first-order valence-electron chi connectivity index (χ1n) is 6.09. The highest BCUT2D eigenvalue weighted by Gasteiger charge is 2.13. The Labute approximate surface area is 138 Å². The van der Waals surface area contributed by atoms with E-state index in [0.29, 0.717) is 32.9 Å². The van der Waals surface area contributed by atoms with Gasteiger partial charge in [-0.2, -0.15) is 0 Å². The lowest BCUT2D eigenvalue weighted by Crippen LogP contribution is -2.26. The van der Waals surface area contributed by atoms with Crippen LogP contribution in [-0.2, 0) is 12.8 Å². The molecule has 2 aromatic carbocycles. The number of rotatable bonds is 4. The number of hydrogen-bond acceptors (Lipinski definition) is 1. The molecule has 0 fully saturated rings. The molecule has 1 nitrogen and oxygen atoms in total. The third-order valence-electron chi connectivity index (χ3n) is 3.03. The molecule has 0 bridgehead atoms. The Hall–Kier alpha value is -0.440. The maximum Gasteiger partial charge on any atom is 0.0453 e. The molecule has 0 spiro atoms. The Morgan fingerprint density at radius 3 is 2.10 bits per heavy atom. The van der Waals surface area contributed by atoms with Crippen LogP contribution in [0.4, 0.5) is 0 Å². The number of nitrogens with two attached hydrogens (primary N) is 1. The number of halogens is 4. The highest BCUT2D eigenvalue weighted by Crippen LogP contribution is 2.27. The van der Waals surface area contributed by atoms with Crippen LogP contribution >= 0.6 is 46.4 Å². The Morgan fingerprint density at radius 1 is 0.850 bits per heavy atom. The van der Waals surface area contributed by atoms with Crippen molar-refractivity contribution in [3.8, 4) is 0 Å². The molecule has 0 aliphatic heterocycles. The predicted octanol–water partition coefficient (Wildman–Crippen LogP) is 5.41. The van der Waals surface area contributed by atoms with E-state index in [1.165, 1.54) is 0 Å². The van der Waals surface area contributed by atoms with Gasteiger partial charge in [-0.15, -0.1) is 0 Å². The van der Waals surface area contributed by atoms with Crippen LogP contribution in [0.3, 0.4) is 0 Å². The third kappa shape index (κ3) is 4.03. The van der Waals surface area contributed by atoms with Crippen LogP contribution in [0, 0.1) is 0 Å². The highest BCUT2D eigenvalue weighted by atomic mass is 35.5. The van der Waals surface area contributed by atoms with Crippen LogP contribution < -0.4 is 5.73 Å². The van der Waals surface area contributed by atoms with E-state index >= 15 is 0 Å². The lowest BCUT2D eigenvalue weighted by molar-refractivity contribution is 0.665. The average molecular weight is 349 g/mol. The van der Waals surface area contributed by atoms with E-state index in [1.807, 2.05) is 24.3 Å². The van der Waals surface area contributed by atoms with E-state index < -0.39 is 0 Å². The zero-order valence-corrected chi connectivity index (χ0v) is 13.6. The molecule has 2 aromatic rings. The summed E-state index contributed by atoms with van der Waals surface area (Å²) in [6, 6.07) is 10.7. The van der Waals surface area contributed by atoms with E-state index in [9.17, 15) is 0 Å². The van der Waals surface area contributed by atoms with E-state index in [2.05, 4.69) is 0 Å². The fraction of sp³-hybridized carbons (Fsp3) is 0.200. The van der Waals surface area contributed by atoms with Crippen molar-refractivity contribution in [3.05, 3.63) is 67.6 Å². The van der Waals surface area contributed by atoms with Gasteiger partial charge in [0.1, 0.15) is 0 Å². The SMILES string of the molecule is NC(Cc1ccc(Cl)cc1Cl)Cc1c(Cl)cccc1Cl. The number of benzene rings is 2. The van der Waals surface area contributed by atoms with Gasteiger partial charge in [0, 0.05) is 26.1 Å². The average Bonchev–Trinajstić information content (AvgIpc) is 2.37. The van der Waals surface area contributed by atoms with Crippen LogP contribution in [0.15, 0.2) is 36.4 Å². The summed E-state index contributed by atoms with van der Waals surface area (Å²) in [6.45, 7) is 0. The summed E-state index contributed by atoms with van der Waals surface area (Å²) in [7, 11) is 0. The van der Waals surface area contributed by atoms with Crippen LogP contribution in [-0.4, -0.2) is 6.04 Å². The van der Waals surface area contributed by atoms with Gasteiger partial charge < -0.3 is 5.73 Å². The smallest absolute Gasteiger partial charge is 0.0453 e. The van der Waals surface area contributed by atoms with Gasteiger partial charge in [-0.1, -0.05) is 58.5 Å². The molecule has 0 amide bonds. The predicted molar refractivity (Wildman–Crippen MR) is 88.3 cm³/mol. The summed E-state index contributed by atoms with van der Waals surface area (Å²) in [5.74, 6) is 0. The van der Waals surface area contributed by atoms with Crippen molar-refractivity contribution in [1.29, 1.82) is 0 Å². The minimum atomic E-state index is -0.119. The molecule has 0 aliphatic carbocycles. The molecule has 0 radical (unpaired) electrons. The second kappa shape index (κ2) is 7.02. The molecule has 0 aromatic heterocycles. The Morgan fingerprint density at radius 2 is 1.50 bits per heavy atom. The van der Waals surface area contributed by atoms with Crippen molar-refractivity contribution < 1.29 is 0 Å². The van der Waals surface area contributed by atoms with Crippen molar-refractivity contribution in [2.24, 2.45) is 5.73 Å². The fourth-order valence-corrected chi connectivity index (χ4v) is 3.07. The van der Waals surface area contributed by atoms with Gasteiger partial charge in [0.2, 0.25) is 0 Å². The summed E-state index contributed by atoms with van der Waals surface area (Å²) in [5, 5.41) is 2.50. The van der Waals surface area contributed by atoms with Crippen molar-refractivity contribution in [2.75, 3.05) is 0 Å².